The highest BCUT2D eigenvalue weighted by Gasteiger charge is 2.33. The summed E-state index contributed by atoms with van der Waals surface area (Å²) < 4.78 is 10.9. The van der Waals surface area contributed by atoms with E-state index in [-0.39, 0.29) is 11.9 Å². The zero-order valence-corrected chi connectivity index (χ0v) is 13.5. The number of carbonyl (C=O) groups is 1. The molecule has 120 valence electrons. The molecule has 2 aliphatic rings. The predicted octanol–water partition coefficient (Wildman–Crippen LogP) is 3.07. The number of amides is 1. The number of aryl methyl sites for hydroxylation is 1. The first-order chi connectivity index (χ1) is 11.2. The van der Waals surface area contributed by atoms with Crippen LogP contribution in [0.3, 0.4) is 0 Å². The predicted molar refractivity (Wildman–Crippen MR) is 85.6 cm³/mol. The van der Waals surface area contributed by atoms with Gasteiger partial charge in [-0.15, -0.1) is 0 Å². The van der Waals surface area contributed by atoms with Crippen LogP contribution in [0.2, 0.25) is 0 Å². The number of fused-ring (bicyclic) bond motifs is 3. The Morgan fingerprint density at radius 3 is 3.00 bits per heavy atom. The largest absolute Gasteiger partial charge is 0.497 e. The van der Waals surface area contributed by atoms with E-state index in [4.69, 9.17) is 9.26 Å². The first-order valence-corrected chi connectivity index (χ1v) is 8.16. The number of aromatic nitrogens is 1. The number of methoxy groups -OCH3 is 1. The van der Waals surface area contributed by atoms with Gasteiger partial charge in [-0.2, -0.15) is 0 Å². The number of nitrogens with zero attached hydrogens (tertiary/aromatic N) is 2. The van der Waals surface area contributed by atoms with Gasteiger partial charge in [0, 0.05) is 23.7 Å². The molecule has 0 saturated carbocycles. The van der Waals surface area contributed by atoms with Crippen LogP contribution in [0.25, 0.3) is 11.3 Å². The minimum absolute atomic E-state index is 0.00588. The molecule has 2 aromatic rings. The van der Waals surface area contributed by atoms with E-state index in [9.17, 15) is 4.79 Å². The van der Waals surface area contributed by atoms with Gasteiger partial charge >= 0.3 is 0 Å². The van der Waals surface area contributed by atoms with Crippen LogP contribution in [-0.4, -0.2) is 35.7 Å². The number of carbonyl (C=O) groups excluding carboxylic acids is 1. The van der Waals surface area contributed by atoms with E-state index in [2.05, 4.69) is 18.1 Å². The second kappa shape index (κ2) is 5.41. The lowest BCUT2D eigenvalue weighted by Crippen LogP contribution is -2.34. The third kappa shape index (κ3) is 2.22. The standard InChI is InChI=1S/C18H20N2O3/c1-11-4-3-9-20(11)18(21)16-14-8-6-12-5-7-13(22-2)10-15(12)17(14)23-19-16/h5,7,10-11H,3-4,6,8-9H2,1-2H3. The molecule has 1 aliphatic carbocycles. The number of hydrogen-bond donors (Lipinski definition) is 0. The van der Waals surface area contributed by atoms with Gasteiger partial charge in [0.1, 0.15) is 5.75 Å². The quantitative estimate of drug-likeness (QED) is 0.855. The third-order valence-corrected chi connectivity index (χ3v) is 5.01. The van der Waals surface area contributed by atoms with Gasteiger partial charge in [0.15, 0.2) is 11.5 Å². The van der Waals surface area contributed by atoms with Crippen LogP contribution in [0.15, 0.2) is 22.7 Å². The number of likely N-dealkylation sites (tertiary alicyclic amines) is 1. The zero-order valence-electron chi connectivity index (χ0n) is 13.5. The van der Waals surface area contributed by atoms with Crippen LogP contribution in [0.4, 0.5) is 0 Å². The maximum atomic E-state index is 12.8. The molecule has 1 fully saturated rings. The number of hydrogen-bond acceptors (Lipinski definition) is 4. The van der Waals surface area contributed by atoms with Crippen molar-refractivity contribution in [2.45, 2.75) is 38.6 Å². The van der Waals surface area contributed by atoms with Gasteiger partial charge in [0.05, 0.1) is 7.11 Å². The van der Waals surface area contributed by atoms with Crippen LogP contribution < -0.4 is 4.74 Å². The summed E-state index contributed by atoms with van der Waals surface area (Å²) in [4.78, 5) is 14.7. The third-order valence-electron chi connectivity index (χ3n) is 5.01. The second-order valence-electron chi connectivity index (χ2n) is 6.35. The van der Waals surface area contributed by atoms with Gasteiger partial charge in [0.25, 0.3) is 5.91 Å². The van der Waals surface area contributed by atoms with E-state index in [1.807, 2.05) is 17.0 Å². The molecule has 1 unspecified atom stereocenters. The fourth-order valence-electron chi connectivity index (χ4n) is 3.66. The van der Waals surface area contributed by atoms with E-state index in [0.29, 0.717) is 5.69 Å². The normalized spacial score (nSPS) is 19.4. The monoisotopic (exact) mass is 312 g/mol. The Morgan fingerprint density at radius 2 is 2.26 bits per heavy atom. The molecule has 0 bridgehead atoms. The molecule has 0 N–H and O–H groups in total. The summed E-state index contributed by atoms with van der Waals surface area (Å²) in [6.07, 6.45) is 3.81. The summed E-state index contributed by atoms with van der Waals surface area (Å²) in [6, 6.07) is 6.26. The molecule has 1 saturated heterocycles. The summed E-state index contributed by atoms with van der Waals surface area (Å²) in [7, 11) is 1.65. The molecule has 1 atom stereocenters. The summed E-state index contributed by atoms with van der Waals surface area (Å²) in [6.45, 7) is 2.91. The van der Waals surface area contributed by atoms with Crippen LogP contribution in [0, 0.1) is 0 Å². The first-order valence-electron chi connectivity index (χ1n) is 8.16. The first kappa shape index (κ1) is 14.3. The van der Waals surface area contributed by atoms with Crippen molar-refractivity contribution in [2.24, 2.45) is 0 Å². The number of rotatable bonds is 2. The maximum Gasteiger partial charge on any atom is 0.276 e. The van der Waals surface area contributed by atoms with E-state index in [1.54, 1.807) is 7.11 Å². The van der Waals surface area contributed by atoms with Crippen molar-refractivity contribution >= 4 is 5.91 Å². The molecule has 0 radical (unpaired) electrons. The van der Waals surface area contributed by atoms with E-state index < -0.39 is 0 Å². The number of benzene rings is 1. The molecule has 1 aliphatic heterocycles. The van der Waals surface area contributed by atoms with Crippen molar-refractivity contribution in [2.75, 3.05) is 13.7 Å². The lowest BCUT2D eigenvalue weighted by Gasteiger charge is -2.21. The average Bonchev–Trinajstić information content (AvgIpc) is 3.19. The fourth-order valence-corrected chi connectivity index (χ4v) is 3.66. The van der Waals surface area contributed by atoms with Crippen molar-refractivity contribution in [1.29, 1.82) is 0 Å². The van der Waals surface area contributed by atoms with Crippen molar-refractivity contribution in [3.05, 3.63) is 35.0 Å². The van der Waals surface area contributed by atoms with Gasteiger partial charge in [0.2, 0.25) is 0 Å². The molecule has 1 aromatic heterocycles. The SMILES string of the molecule is COc1ccc2c(c1)-c1onc(C(=O)N3CCCC3C)c1CC2. The second-order valence-corrected chi connectivity index (χ2v) is 6.35. The molecule has 4 rings (SSSR count). The lowest BCUT2D eigenvalue weighted by molar-refractivity contribution is 0.0736. The zero-order chi connectivity index (χ0) is 16.0. The molecule has 0 spiro atoms. The van der Waals surface area contributed by atoms with Crippen molar-refractivity contribution in [3.8, 4) is 17.1 Å². The van der Waals surface area contributed by atoms with Crippen LogP contribution in [0.1, 0.15) is 41.4 Å². The van der Waals surface area contributed by atoms with Gasteiger partial charge in [-0.3, -0.25) is 4.79 Å². The number of ether oxygens (including phenoxy) is 1. The molecular formula is C18H20N2O3. The van der Waals surface area contributed by atoms with E-state index in [0.717, 1.165) is 54.9 Å². The van der Waals surface area contributed by atoms with Crippen LogP contribution >= 0.6 is 0 Å². The smallest absolute Gasteiger partial charge is 0.276 e. The summed E-state index contributed by atoms with van der Waals surface area (Å²) in [5, 5.41) is 4.12. The van der Waals surface area contributed by atoms with Crippen LogP contribution in [0.5, 0.6) is 5.75 Å². The summed E-state index contributed by atoms with van der Waals surface area (Å²) in [5.41, 5.74) is 3.63. The Balaban J connectivity index is 1.74. The van der Waals surface area contributed by atoms with Gasteiger partial charge in [-0.1, -0.05) is 11.2 Å². The highest BCUT2D eigenvalue weighted by atomic mass is 16.5. The highest BCUT2D eigenvalue weighted by molar-refractivity contribution is 5.96. The Kier molecular flexibility index (Phi) is 3.36. The van der Waals surface area contributed by atoms with Crippen LogP contribution in [-0.2, 0) is 12.8 Å². The lowest BCUT2D eigenvalue weighted by atomic mass is 9.89. The minimum Gasteiger partial charge on any atom is -0.497 e. The van der Waals surface area contributed by atoms with Gasteiger partial charge < -0.3 is 14.2 Å². The van der Waals surface area contributed by atoms with Crippen molar-refractivity contribution < 1.29 is 14.1 Å². The van der Waals surface area contributed by atoms with E-state index >= 15 is 0 Å². The maximum absolute atomic E-state index is 12.8. The molecular weight excluding hydrogens is 292 g/mol. The van der Waals surface area contributed by atoms with Crippen molar-refractivity contribution in [1.82, 2.24) is 10.1 Å². The Labute approximate surface area is 135 Å². The topological polar surface area (TPSA) is 55.6 Å². The molecule has 23 heavy (non-hydrogen) atoms. The van der Waals surface area contributed by atoms with Crippen molar-refractivity contribution in [3.63, 3.8) is 0 Å². The molecule has 1 aromatic carbocycles. The molecule has 2 heterocycles. The average molecular weight is 312 g/mol. The Bertz CT molecular complexity index is 766. The Hall–Kier alpha value is -2.30. The highest BCUT2D eigenvalue weighted by Crippen LogP contribution is 2.38. The molecule has 5 heteroatoms. The molecule has 1 amide bonds. The summed E-state index contributed by atoms with van der Waals surface area (Å²) >= 11 is 0. The minimum atomic E-state index is 0.00588. The van der Waals surface area contributed by atoms with E-state index in [1.165, 1.54) is 5.56 Å². The fraction of sp³-hybridized carbons (Fsp3) is 0.444. The van der Waals surface area contributed by atoms with Gasteiger partial charge in [-0.05, 0) is 50.3 Å². The Morgan fingerprint density at radius 1 is 1.39 bits per heavy atom. The summed E-state index contributed by atoms with van der Waals surface area (Å²) in [5.74, 6) is 1.51. The van der Waals surface area contributed by atoms with Gasteiger partial charge in [-0.25, -0.2) is 0 Å². The molecule has 5 nitrogen and oxygen atoms in total.